The topological polar surface area (TPSA) is 127 Å². The molecule has 0 aliphatic carbocycles. The summed E-state index contributed by atoms with van der Waals surface area (Å²) in [5.74, 6) is -0.671. The van der Waals surface area contributed by atoms with Crippen LogP contribution in [-0.4, -0.2) is 73.2 Å². The molecule has 158 valence electrons. The number of esters is 1. The fourth-order valence-electron chi connectivity index (χ4n) is 2.88. The van der Waals surface area contributed by atoms with Gasteiger partial charge < -0.3 is 24.8 Å². The van der Waals surface area contributed by atoms with Gasteiger partial charge in [-0.25, -0.2) is 9.48 Å². The van der Waals surface area contributed by atoms with Gasteiger partial charge >= 0.3 is 5.97 Å². The highest BCUT2D eigenvalue weighted by Crippen LogP contribution is 2.39. The second-order valence-corrected chi connectivity index (χ2v) is 8.18. The molecule has 0 amide bonds. The number of aliphatic hydroxyl groups excluding tert-OH is 3. The average molecular weight is 464 g/mol. The van der Waals surface area contributed by atoms with Crippen molar-refractivity contribution in [1.82, 2.24) is 15.0 Å². The number of carbonyl (C=O) groups excluding carboxylic acids is 1. The molecule has 1 aliphatic heterocycles. The standard InChI is InChI=1S/C17H19Cl2N3O6S/c1-2-27-16(26)11-6-22(21-20-11)13-14(24)12(7-23)28-17(15(13)25)29-8-3-4-9(18)10(19)5-8/h3-6,12-15,17,23-25H,2,7H2,1H3/t12?,13?,14-,15?,17+/m0/s1. The molecule has 3 N–H and O–H groups in total. The van der Waals surface area contributed by atoms with Crippen LogP contribution in [0.4, 0.5) is 0 Å². The van der Waals surface area contributed by atoms with Crippen LogP contribution >= 0.6 is 35.0 Å². The predicted octanol–water partition coefficient (Wildman–Crippen LogP) is 1.53. The number of aromatic nitrogens is 3. The molecule has 2 heterocycles. The van der Waals surface area contributed by atoms with Crippen LogP contribution in [0.3, 0.4) is 0 Å². The van der Waals surface area contributed by atoms with Crippen molar-refractivity contribution in [1.29, 1.82) is 0 Å². The lowest BCUT2D eigenvalue weighted by molar-refractivity contribution is -0.178. The van der Waals surface area contributed by atoms with Crippen molar-refractivity contribution in [2.45, 2.75) is 41.6 Å². The van der Waals surface area contributed by atoms with Crippen molar-refractivity contribution in [3.05, 3.63) is 40.1 Å². The van der Waals surface area contributed by atoms with Crippen molar-refractivity contribution in [2.75, 3.05) is 13.2 Å². The van der Waals surface area contributed by atoms with Crippen LogP contribution in [0.5, 0.6) is 0 Å². The Bertz CT molecular complexity index is 869. The van der Waals surface area contributed by atoms with Crippen molar-refractivity contribution >= 4 is 40.9 Å². The van der Waals surface area contributed by atoms with E-state index in [1.165, 1.54) is 10.9 Å². The lowest BCUT2D eigenvalue weighted by Gasteiger charge is -2.41. The summed E-state index contributed by atoms with van der Waals surface area (Å²) in [7, 11) is 0. The van der Waals surface area contributed by atoms with E-state index < -0.39 is 42.4 Å². The van der Waals surface area contributed by atoms with E-state index in [9.17, 15) is 20.1 Å². The van der Waals surface area contributed by atoms with Crippen LogP contribution in [0.1, 0.15) is 23.5 Å². The molecule has 12 heteroatoms. The van der Waals surface area contributed by atoms with Gasteiger partial charge in [-0.15, -0.1) is 5.10 Å². The van der Waals surface area contributed by atoms with E-state index in [0.717, 1.165) is 11.8 Å². The van der Waals surface area contributed by atoms with Crippen molar-refractivity contribution in [2.24, 2.45) is 0 Å². The molecule has 0 spiro atoms. The number of hydrogen-bond donors (Lipinski definition) is 3. The van der Waals surface area contributed by atoms with Gasteiger partial charge in [0, 0.05) is 4.90 Å². The molecule has 0 saturated carbocycles. The van der Waals surface area contributed by atoms with Gasteiger partial charge in [-0.2, -0.15) is 0 Å². The summed E-state index contributed by atoms with van der Waals surface area (Å²) < 4.78 is 11.7. The van der Waals surface area contributed by atoms with Crippen molar-refractivity contribution in [3.8, 4) is 0 Å². The third-order valence-electron chi connectivity index (χ3n) is 4.29. The average Bonchev–Trinajstić information content (AvgIpc) is 3.17. The first-order chi connectivity index (χ1) is 13.8. The normalized spacial score (nSPS) is 27.0. The number of aliphatic hydroxyl groups is 3. The Labute approximate surface area is 180 Å². The number of nitrogens with zero attached hydrogens (tertiary/aromatic N) is 3. The maximum absolute atomic E-state index is 11.8. The number of hydrogen-bond acceptors (Lipinski definition) is 9. The zero-order valence-electron chi connectivity index (χ0n) is 15.2. The van der Waals surface area contributed by atoms with Gasteiger partial charge in [-0.05, 0) is 25.1 Å². The third-order valence-corrected chi connectivity index (χ3v) is 6.18. The summed E-state index contributed by atoms with van der Waals surface area (Å²) in [5.41, 5.74) is -0.931. The quantitative estimate of drug-likeness (QED) is 0.546. The van der Waals surface area contributed by atoms with Gasteiger partial charge in [0.2, 0.25) is 0 Å². The van der Waals surface area contributed by atoms with Gasteiger partial charge in [0.05, 0.1) is 29.5 Å². The maximum atomic E-state index is 11.8. The summed E-state index contributed by atoms with van der Waals surface area (Å²) in [6, 6.07) is 3.92. The Hall–Kier alpha value is -1.40. The Morgan fingerprint density at radius 3 is 2.72 bits per heavy atom. The molecule has 3 unspecified atom stereocenters. The Kier molecular flexibility index (Phi) is 7.38. The monoisotopic (exact) mass is 463 g/mol. The van der Waals surface area contributed by atoms with Crippen LogP contribution in [0.25, 0.3) is 0 Å². The highest BCUT2D eigenvalue weighted by Gasteiger charge is 2.46. The fraction of sp³-hybridized carbons (Fsp3) is 0.471. The summed E-state index contributed by atoms with van der Waals surface area (Å²) in [6.07, 6.45) is -2.25. The largest absolute Gasteiger partial charge is 0.461 e. The van der Waals surface area contributed by atoms with E-state index in [1.54, 1.807) is 25.1 Å². The summed E-state index contributed by atoms with van der Waals surface area (Å²) >= 11 is 13.1. The van der Waals surface area contributed by atoms with Gasteiger partial charge in [-0.3, -0.25) is 0 Å². The molecular weight excluding hydrogens is 445 g/mol. The molecule has 2 aromatic rings. The highest BCUT2D eigenvalue weighted by atomic mass is 35.5. The molecule has 5 atom stereocenters. The Morgan fingerprint density at radius 2 is 2.07 bits per heavy atom. The molecule has 3 rings (SSSR count). The lowest BCUT2D eigenvalue weighted by atomic mass is 9.97. The molecule has 1 saturated heterocycles. The molecule has 1 aromatic carbocycles. The number of ether oxygens (including phenoxy) is 2. The second kappa shape index (κ2) is 9.61. The molecule has 1 aromatic heterocycles. The summed E-state index contributed by atoms with van der Waals surface area (Å²) in [4.78, 5) is 12.5. The van der Waals surface area contributed by atoms with Gasteiger partial charge in [0.25, 0.3) is 0 Å². The Balaban J connectivity index is 1.85. The number of rotatable bonds is 6. The highest BCUT2D eigenvalue weighted by molar-refractivity contribution is 7.99. The van der Waals surface area contributed by atoms with Crippen molar-refractivity contribution in [3.63, 3.8) is 0 Å². The molecule has 0 bridgehead atoms. The van der Waals surface area contributed by atoms with E-state index in [-0.39, 0.29) is 12.3 Å². The summed E-state index contributed by atoms with van der Waals surface area (Å²) in [6.45, 7) is 1.34. The van der Waals surface area contributed by atoms with E-state index >= 15 is 0 Å². The lowest BCUT2D eigenvalue weighted by Crippen LogP contribution is -2.55. The maximum Gasteiger partial charge on any atom is 0.360 e. The molecule has 29 heavy (non-hydrogen) atoms. The molecule has 1 fully saturated rings. The number of carbonyl (C=O) groups is 1. The van der Waals surface area contributed by atoms with Crippen LogP contribution in [0.2, 0.25) is 10.0 Å². The smallest absolute Gasteiger partial charge is 0.360 e. The fourth-order valence-corrected chi connectivity index (χ4v) is 4.35. The molecular formula is C17H19Cl2N3O6S. The summed E-state index contributed by atoms with van der Waals surface area (Å²) in [5, 5.41) is 39.3. The number of thioether (sulfide) groups is 1. The van der Waals surface area contributed by atoms with Crippen LogP contribution in [-0.2, 0) is 9.47 Å². The zero-order chi connectivity index (χ0) is 21.1. The van der Waals surface area contributed by atoms with Crippen molar-refractivity contribution < 1.29 is 29.6 Å². The van der Waals surface area contributed by atoms with E-state index in [1.807, 2.05) is 0 Å². The molecule has 9 nitrogen and oxygen atoms in total. The minimum absolute atomic E-state index is 0.0630. The van der Waals surface area contributed by atoms with E-state index in [4.69, 9.17) is 32.7 Å². The predicted molar refractivity (Wildman–Crippen MR) is 105 cm³/mol. The van der Waals surface area contributed by atoms with Gasteiger partial charge in [0.1, 0.15) is 29.8 Å². The first-order valence-corrected chi connectivity index (χ1v) is 10.3. The van der Waals surface area contributed by atoms with Crippen LogP contribution < -0.4 is 0 Å². The SMILES string of the molecule is CCOC(=O)c1cn(C2C(O)[C@@H](Sc3ccc(Cl)c(Cl)c3)OC(CO)[C@@H]2O)nn1. The van der Waals surface area contributed by atoms with Gasteiger partial charge in [-0.1, -0.05) is 40.2 Å². The minimum Gasteiger partial charge on any atom is -0.461 e. The second-order valence-electron chi connectivity index (χ2n) is 6.20. The first kappa shape index (κ1) is 22.3. The van der Waals surface area contributed by atoms with Crippen LogP contribution in [0.15, 0.2) is 29.3 Å². The number of benzene rings is 1. The van der Waals surface area contributed by atoms with Crippen LogP contribution in [0, 0.1) is 0 Å². The zero-order valence-corrected chi connectivity index (χ0v) is 17.5. The third kappa shape index (κ3) is 4.85. The van der Waals surface area contributed by atoms with Gasteiger partial charge in [0.15, 0.2) is 5.69 Å². The number of halogens is 2. The molecule has 1 aliphatic rings. The molecule has 0 radical (unpaired) electrons. The Morgan fingerprint density at radius 1 is 1.31 bits per heavy atom. The first-order valence-electron chi connectivity index (χ1n) is 8.68. The minimum atomic E-state index is -1.29. The van der Waals surface area contributed by atoms with E-state index in [0.29, 0.717) is 14.9 Å². The van der Waals surface area contributed by atoms with E-state index in [2.05, 4.69) is 10.3 Å².